The summed E-state index contributed by atoms with van der Waals surface area (Å²) in [5.74, 6) is -2.70. The number of carbonyl (C=O) groups excluding carboxylic acids is 1. The molecule has 0 amide bonds. The van der Waals surface area contributed by atoms with Gasteiger partial charge in [0, 0.05) is 23.9 Å². The number of aliphatic carboxylic acids is 1. The van der Waals surface area contributed by atoms with Gasteiger partial charge >= 0.3 is 11.9 Å². The van der Waals surface area contributed by atoms with Crippen LogP contribution in [0.4, 0.5) is 0 Å². The Balaban J connectivity index is 0. The van der Waals surface area contributed by atoms with Crippen LogP contribution in [0.1, 0.15) is 19.8 Å². The number of ether oxygens (including phenoxy) is 1. The van der Waals surface area contributed by atoms with E-state index < -0.39 is 11.9 Å². The molecule has 0 aliphatic heterocycles. The van der Waals surface area contributed by atoms with E-state index >= 15 is 0 Å². The number of esters is 1. The Kier molecular flexibility index (Phi) is 9.51. The molecule has 0 aromatic rings. The van der Waals surface area contributed by atoms with E-state index in [4.69, 9.17) is 5.11 Å². The molecule has 0 aliphatic carbocycles. The summed E-state index contributed by atoms with van der Waals surface area (Å²) in [6, 6.07) is 0. The minimum Gasteiger partial charge on any atom is -0.473 e. The van der Waals surface area contributed by atoms with Crippen molar-refractivity contribution in [3.05, 3.63) is 0 Å². The van der Waals surface area contributed by atoms with Crippen molar-refractivity contribution in [2.24, 2.45) is 0 Å². The second kappa shape index (κ2) is 7.84. The van der Waals surface area contributed by atoms with Gasteiger partial charge in [-0.05, 0) is 6.42 Å². The number of carbonyl (C=O) groups is 2. The number of rotatable bonds is 3. The van der Waals surface area contributed by atoms with Gasteiger partial charge in [-0.1, -0.05) is 13.3 Å². The Morgan fingerprint density at radius 2 is 2.00 bits per heavy atom. The molecule has 0 rings (SSSR count). The van der Waals surface area contributed by atoms with E-state index in [-0.39, 0.29) is 30.5 Å². The van der Waals surface area contributed by atoms with Gasteiger partial charge in [-0.2, -0.15) is 0 Å². The summed E-state index contributed by atoms with van der Waals surface area (Å²) in [4.78, 5) is 20.0. The van der Waals surface area contributed by atoms with Gasteiger partial charge in [-0.3, -0.25) is 0 Å². The zero-order valence-corrected chi connectivity index (χ0v) is 9.15. The maximum atomic E-state index is 10.2. The quantitative estimate of drug-likeness (QED) is 0.338. The number of unbranched alkanes of at least 4 members (excludes halogenated alkanes) is 1. The zero-order valence-electron chi connectivity index (χ0n) is 6.29. The van der Waals surface area contributed by atoms with Gasteiger partial charge in [0.05, 0.1) is 6.61 Å². The van der Waals surface area contributed by atoms with Crippen LogP contribution in [-0.4, -0.2) is 47.6 Å². The standard InChI is InChI=1S/C6H10O4.Sn/c1-2-3-4-10-6(9)5(7)8;/h2-4H2,1H3,(H,7,8);. The topological polar surface area (TPSA) is 63.6 Å². The molecule has 62 valence electrons. The Morgan fingerprint density at radius 1 is 1.45 bits per heavy atom. The van der Waals surface area contributed by atoms with Crippen molar-refractivity contribution in [3.63, 3.8) is 0 Å². The number of hydrogen-bond donors (Lipinski definition) is 1. The molecular formula is C6H10O4Sn. The van der Waals surface area contributed by atoms with Gasteiger partial charge in [0.15, 0.2) is 0 Å². The van der Waals surface area contributed by atoms with E-state index in [9.17, 15) is 9.59 Å². The van der Waals surface area contributed by atoms with E-state index in [0.29, 0.717) is 6.42 Å². The first kappa shape index (κ1) is 13.3. The van der Waals surface area contributed by atoms with Crippen LogP contribution in [0.3, 0.4) is 0 Å². The molecular weight excluding hydrogens is 255 g/mol. The van der Waals surface area contributed by atoms with Gasteiger partial charge < -0.3 is 9.84 Å². The summed E-state index contributed by atoms with van der Waals surface area (Å²) in [5.41, 5.74) is 0. The van der Waals surface area contributed by atoms with Crippen molar-refractivity contribution < 1.29 is 19.4 Å². The molecule has 0 bridgehead atoms. The van der Waals surface area contributed by atoms with Crippen molar-refractivity contribution in [1.82, 2.24) is 0 Å². The average molecular weight is 265 g/mol. The van der Waals surface area contributed by atoms with Crippen LogP contribution < -0.4 is 0 Å². The summed E-state index contributed by atoms with van der Waals surface area (Å²) in [6.45, 7) is 2.12. The monoisotopic (exact) mass is 266 g/mol. The molecule has 0 fully saturated rings. The fourth-order valence-corrected chi connectivity index (χ4v) is 0.371. The molecule has 0 unspecified atom stereocenters. The molecule has 0 saturated heterocycles. The average Bonchev–Trinajstić information content (AvgIpc) is 1.88. The van der Waals surface area contributed by atoms with E-state index in [1.54, 1.807) is 0 Å². The van der Waals surface area contributed by atoms with Crippen LogP contribution >= 0.6 is 0 Å². The molecule has 0 heterocycles. The first-order chi connectivity index (χ1) is 4.68. The summed E-state index contributed by atoms with van der Waals surface area (Å²) < 4.78 is 4.31. The first-order valence-corrected chi connectivity index (χ1v) is 3.08. The molecule has 4 radical (unpaired) electrons. The second-order valence-electron chi connectivity index (χ2n) is 1.79. The number of hydrogen-bond acceptors (Lipinski definition) is 3. The van der Waals surface area contributed by atoms with Crippen molar-refractivity contribution >= 4 is 35.8 Å². The van der Waals surface area contributed by atoms with Crippen LogP contribution in [0, 0.1) is 0 Å². The van der Waals surface area contributed by atoms with Crippen LogP contribution in [-0.2, 0) is 14.3 Å². The van der Waals surface area contributed by atoms with Gasteiger partial charge in [0.2, 0.25) is 0 Å². The third-order valence-electron chi connectivity index (χ3n) is 0.906. The SMILES string of the molecule is CCCCOC(=O)C(=O)O.[Sn]. The van der Waals surface area contributed by atoms with Crippen molar-refractivity contribution in [1.29, 1.82) is 0 Å². The maximum Gasteiger partial charge on any atom is 0.417 e. The molecule has 5 heteroatoms. The minimum atomic E-state index is -1.53. The molecule has 11 heavy (non-hydrogen) atoms. The molecule has 0 aromatic heterocycles. The molecule has 0 saturated carbocycles. The fourth-order valence-electron chi connectivity index (χ4n) is 0.371. The van der Waals surface area contributed by atoms with Crippen LogP contribution in [0.2, 0.25) is 0 Å². The van der Waals surface area contributed by atoms with Crippen LogP contribution in [0.5, 0.6) is 0 Å². The Morgan fingerprint density at radius 3 is 2.36 bits per heavy atom. The van der Waals surface area contributed by atoms with E-state index in [1.165, 1.54) is 0 Å². The van der Waals surface area contributed by atoms with Crippen LogP contribution in [0.15, 0.2) is 0 Å². The molecule has 0 aliphatic rings. The Labute approximate surface area is 81.9 Å². The Hall–Kier alpha value is -0.261. The van der Waals surface area contributed by atoms with Crippen molar-refractivity contribution in [3.8, 4) is 0 Å². The normalized spacial score (nSPS) is 8.09. The van der Waals surface area contributed by atoms with Gasteiger partial charge in [-0.15, -0.1) is 0 Å². The van der Waals surface area contributed by atoms with Crippen molar-refractivity contribution in [2.75, 3.05) is 6.61 Å². The predicted molar refractivity (Wildman–Crippen MR) is 39.3 cm³/mol. The molecule has 1 N–H and O–H groups in total. The number of carboxylic acid groups (broad SMARTS) is 1. The van der Waals surface area contributed by atoms with Gasteiger partial charge in [0.1, 0.15) is 0 Å². The summed E-state index contributed by atoms with van der Waals surface area (Å²) >= 11 is 0. The van der Waals surface area contributed by atoms with E-state index in [1.807, 2.05) is 6.92 Å². The van der Waals surface area contributed by atoms with E-state index in [0.717, 1.165) is 6.42 Å². The van der Waals surface area contributed by atoms with Gasteiger partial charge in [-0.25, -0.2) is 9.59 Å². The summed E-state index contributed by atoms with van der Waals surface area (Å²) in [6.07, 6.45) is 1.59. The summed E-state index contributed by atoms with van der Waals surface area (Å²) in [5, 5.41) is 8.01. The second-order valence-corrected chi connectivity index (χ2v) is 1.79. The number of carboxylic acids is 1. The predicted octanol–water partition coefficient (Wildman–Crippen LogP) is 0.0335. The van der Waals surface area contributed by atoms with Crippen molar-refractivity contribution in [2.45, 2.75) is 19.8 Å². The van der Waals surface area contributed by atoms with E-state index in [2.05, 4.69) is 4.74 Å². The minimum absolute atomic E-state index is 0. The fraction of sp³-hybridized carbons (Fsp3) is 0.667. The summed E-state index contributed by atoms with van der Waals surface area (Å²) in [7, 11) is 0. The zero-order chi connectivity index (χ0) is 7.98. The third-order valence-corrected chi connectivity index (χ3v) is 0.906. The molecule has 4 nitrogen and oxygen atoms in total. The molecule has 0 atom stereocenters. The third kappa shape index (κ3) is 7.64. The first-order valence-electron chi connectivity index (χ1n) is 3.08. The molecule has 0 spiro atoms. The smallest absolute Gasteiger partial charge is 0.417 e. The molecule has 0 aromatic carbocycles. The van der Waals surface area contributed by atoms with Crippen LogP contribution in [0.25, 0.3) is 0 Å². The Bertz CT molecular complexity index is 135. The van der Waals surface area contributed by atoms with Gasteiger partial charge in [0.25, 0.3) is 0 Å². The maximum absolute atomic E-state index is 10.2. The largest absolute Gasteiger partial charge is 0.473 e.